The van der Waals surface area contributed by atoms with Gasteiger partial charge in [0, 0.05) is 23.5 Å². The van der Waals surface area contributed by atoms with E-state index in [0.29, 0.717) is 16.9 Å². The monoisotopic (exact) mass is 358 g/mol. The maximum absolute atomic E-state index is 12.1. The molecule has 0 spiro atoms. The second kappa shape index (κ2) is 8.74. The first-order chi connectivity index (χ1) is 12.0. The number of hydrazine groups is 1. The second-order valence-electron chi connectivity index (χ2n) is 5.29. The standard InChI is InChI=1S/C17H18N4O3S/c1-11(2)24-14-5-3-12(4-6-14)15(22)19-17(25)21-20-16(23)13-7-9-18-10-8-13/h3-11H,1-2H3,(H,20,23)(H2,19,21,22,25). The lowest BCUT2D eigenvalue weighted by Gasteiger charge is -2.12. The third-order valence-electron chi connectivity index (χ3n) is 2.95. The molecule has 1 heterocycles. The van der Waals surface area contributed by atoms with Crippen LogP contribution in [-0.2, 0) is 0 Å². The number of hydrogen-bond acceptors (Lipinski definition) is 5. The quantitative estimate of drug-likeness (QED) is 0.570. The topological polar surface area (TPSA) is 92.4 Å². The number of thiocarbonyl (C=S) groups is 1. The van der Waals surface area contributed by atoms with Gasteiger partial charge in [-0.05, 0) is 62.5 Å². The Bertz CT molecular complexity index is 748. The molecule has 130 valence electrons. The van der Waals surface area contributed by atoms with E-state index in [4.69, 9.17) is 17.0 Å². The molecule has 0 unspecified atom stereocenters. The first kappa shape index (κ1) is 18.3. The number of ether oxygens (including phenoxy) is 1. The number of benzene rings is 1. The fourth-order valence-corrected chi connectivity index (χ4v) is 2.00. The van der Waals surface area contributed by atoms with E-state index < -0.39 is 11.8 Å². The van der Waals surface area contributed by atoms with Gasteiger partial charge in [-0.15, -0.1) is 0 Å². The molecule has 0 saturated carbocycles. The Hall–Kier alpha value is -3.00. The van der Waals surface area contributed by atoms with Crippen LogP contribution in [0.4, 0.5) is 0 Å². The van der Waals surface area contributed by atoms with E-state index in [0.717, 1.165) is 0 Å². The molecule has 0 radical (unpaired) electrons. The summed E-state index contributed by atoms with van der Waals surface area (Å²) in [6.45, 7) is 3.84. The number of nitrogens with zero attached hydrogens (tertiary/aromatic N) is 1. The molecule has 8 heteroatoms. The number of rotatable bonds is 4. The van der Waals surface area contributed by atoms with E-state index in [1.807, 2.05) is 13.8 Å². The number of hydrogen-bond donors (Lipinski definition) is 3. The van der Waals surface area contributed by atoms with E-state index in [2.05, 4.69) is 21.2 Å². The van der Waals surface area contributed by atoms with Crippen molar-refractivity contribution in [1.82, 2.24) is 21.2 Å². The Kier molecular flexibility index (Phi) is 6.41. The molecule has 0 aliphatic heterocycles. The summed E-state index contributed by atoms with van der Waals surface area (Å²) in [5.74, 6) is -0.113. The van der Waals surface area contributed by atoms with Gasteiger partial charge in [-0.3, -0.25) is 30.7 Å². The summed E-state index contributed by atoms with van der Waals surface area (Å²) in [6, 6.07) is 9.78. The molecule has 1 aromatic carbocycles. The molecule has 0 saturated heterocycles. The van der Waals surface area contributed by atoms with Crippen LogP contribution in [0.3, 0.4) is 0 Å². The lowest BCUT2D eigenvalue weighted by atomic mass is 10.2. The Morgan fingerprint density at radius 3 is 2.16 bits per heavy atom. The predicted octanol–water partition coefficient (Wildman–Crippen LogP) is 1.82. The van der Waals surface area contributed by atoms with Crippen molar-refractivity contribution in [1.29, 1.82) is 0 Å². The molecule has 2 amide bonds. The summed E-state index contributed by atoms with van der Waals surface area (Å²) >= 11 is 4.99. The molecule has 7 nitrogen and oxygen atoms in total. The first-order valence-corrected chi connectivity index (χ1v) is 7.95. The van der Waals surface area contributed by atoms with Crippen molar-refractivity contribution in [3.8, 4) is 5.75 Å². The molecule has 1 aromatic heterocycles. The van der Waals surface area contributed by atoms with E-state index in [-0.39, 0.29) is 11.2 Å². The zero-order valence-electron chi connectivity index (χ0n) is 13.8. The normalized spacial score (nSPS) is 10.0. The van der Waals surface area contributed by atoms with Gasteiger partial charge in [0.15, 0.2) is 5.11 Å². The Balaban J connectivity index is 1.83. The largest absolute Gasteiger partial charge is 0.491 e. The number of nitrogens with one attached hydrogen (secondary N) is 3. The number of pyridine rings is 1. The van der Waals surface area contributed by atoms with Crippen LogP contribution in [0.1, 0.15) is 34.6 Å². The van der Waals surface area contributed by atoms with Crippen LogP contribution in [-0.4, -0.2) is 28.0 Å². The summed E-state index contributed by atoms with van der Waals surface area (Å²) in [5, 5.41) is 2.46. The fourth-order valence-electron chi connectivity index (χ4n) is 1.85. The zero-order valence-corrected chi connectivity index (χ0v) is 14.6. The highest BCUT2D eigenvalue weighted by Gasteiger charge is 2.10. The van der Waals surface area contributed by atoms with Gasteiger partial charge in [0.1, 0.15) is 5.75 Å². The molecule has 25 heavy (non-hydrogen) atoms. The van der Waals surface area contributed by atoms with Crippen molar-refractivity contribution < 1.29 is 14.3 Å². The third-order valence-corrected chi connectivity index (χ3v) is 3.15. The highest BCUT2D eigenvalue weighted by Crippen LogP contribution is 2.13. The molecular formula is C17H18N4O3S. The number of carbonyl (C=O) groups is 2. The first-order valence-electron chi connectivity index (χ1n) is 7.54. The fraction of sp³-hybridized carbons (Fsp3) is 0.176. The average Bonchev–Trinajstić information content (AvgIpc) is 2.60. The van der Waals surface area contributed by atoms with Gasteiger partial charge >= 0.3 is 0 Å². The molecule has 2 aromatic rings. The maximum Gasteiger partial charge on any atom is 0.269 e. The number of amides is 2. The highest BCUT2D eigenvalue weighted by molar-refractivity contribution is 7.80. The summed E-state index contributed by atoms with van der Waals surface area (Å²) in [4.78, 5) is 27.8. The van der Waals surface area contributed by atoms with Crippen molar-refractivity contribution in [3.05, 3.63) is 59.9 Å². The maximum atomic E-state index is 12.1. The summed E-state index contributed by atoms with van der Waals surface area (Å²) in [7, 11) is 0. The highest BCUT2D eigenvalue weighted by atomic mass is 32.1. The minimum Gasteiger partial charge on any atom is -0.491 e. The number of aromatic nitrogens is 1. The lowest BCUT2D eigenvalue weighted by molar-refractivity contribution is 0.0934. The predicted molar refractivity (Wildman–Crippen MR) is 97.1 cm³/mol. The van der Waals surface area contributed by atoms with Crippen LogP contribution in [0, 0.1) is 0 Å². The van der Waals surface area contributed by atoms with E-state index >= 15 is 0 Å². The molecule has 0 aliphatic carbocycles. The van der Waals surface area contributed by atoms with Crippen molar-refractivity contribution in [3.63, 3.8) is 0 Å². The minimum atomic E-state index is -0.397. The van der Waals surface area contributed by atoms with E-state index in [1.165, 1.54) is 12.4 Å². The summed E-state index contributed by atoms with van der Waals surface area (Å²) < 4.78 is 5.52. The zero-order chi connectivity index (χ0) is 18.2. The third kappa shape index (κ3) is 5.85. The Morgan fingerprint density at radius 1 is 0.960 bits per heavy atom. The second-order valence-corrected chi connectivity index (χ2v) is 5.70. The van der Waals surface area contributed by atoms with Crippen LogP contribution in [0.25, 0.3) is 0 Å². The molecule has 0 aliphatic rings. The van der Waals surface area contributed by atoms with Gasteiger partial charge in [-0.25, -0.2) is 0 Å². The van der Waals surface area contributed by atoms with Crippen molar-refractivity contribution in [2.24, 2.45) is 0 Å². The summed E-state index contributed by atoms with van der Waals surface area (Å²) in [5.41, 5.74) is 5.70. The molecule has 2 rings (SSSR count). The molecule has 0 bridgehead atoms. The molecular weight excluding hydrogens is 340 g/mol. The van der Waals surface area contributed by atoms with E-state index in [1.54, 1.807) is 36.4 Å². The number of carbonyl (C=O) groups excluding carboxylic acids is 2. The SMILES string of the molecule is CC(C)Oc1ccc(C(=O)NC(=S)NNC(=O)c2ccncc2)cc1. The van der Waals surface area contributed by atoms with Crippen molar-refractivity contribution in [2.45, 2.75) is 20.0 Å². The van der Waals surface area contributed by atoms with Crippen LogP contribution < -0.4 is 20.9 Å². The average molecular weight is 358 g/mol. The van der Waals surface area contributed by atoms with Gasteiger partial charge in [0.2, 0.25) is 0 Å². The van der Waals surface area contributed by atoms with Crippen LogP contribution in [0.2, 0.25) is 0 Å². The minimum absolute atomic E-state index is 0.0186. The van der Waals surface area contributed by atoms with E-state index in [9.17, 15) is 9.59 Å². The molecule has 0 atom stereocenters. The van der Waals surface area contributed by atoms with Gasteiger partial charge < -0.3 is 4.74 Å². The van der Waals surface area contributed by atoms with Gasteiger partial charge in [-0.2, -0.15) is 0 Å². The smallest absolute Gasteiger partial charge is 0.269 e. The lowest BCUT2D eigenvalue weighted by Crippen LogP contribution is -2.48. The van der Waals surface area contributed by atoms with Crippen molar-refractivity contribution >= 4 is 29.1 Å². The van der Waals surface area contributed by atoms with Gasteiger partial charge in [0.05, 0.1) is 6.10 Å². The Morgan fingerprint density at radius 2 is 1.56 bits per heavy atom. The van der Waals surface area contributed by atoms with Gasteiger partial charge in [0.25, 0.3) is 11.8 Å². The van der Waals surface area contributed by atoms with Gasteiger partial charge in [-0.1, -0.05) is 0 Å². The molecule has 3 N–H and O–H groups in total. The Labute approximate surface area is 150 Å². The van der Waals surface area contributed by atoms with Crippen LogP contribution >= 0.6 is 12.2 Å². The summed E-state index contributed by atoms with van der Waals surface area (Å²) in [6.07, 6.45) is 3.06. The van der Waals surface area contributed by atoms with Crippen LogP contribution in [0.5, 0.6) is 5.75 Å². The molecule has 0 fully saturated rings. The van der Waals surface area contributed by atoms with Crippen molar-refractivity contribution in [2.75, 3.05) is 0 Å². The van der Waals surface area contributed by atoms with Crippen LogP contribution in [0.15, 0.2) is 48.8 Å².